The lowest BCUT2D eigenvalue weighted by Gasteiger charge is -2.34. The van der Waals surface area contributed by atoms with Crippen LogP contribution in [0.4, 0.5) is 20.3 Å². The number of halogens is 2. The maximum absolute atomic E-state index is 13.3. The van der Waals surface area contributed by atoms with Gasteiger partial charge >= 0.3 is 6.61 Å². The van der Waals surface area contributed by atoms with E-state index in [0.717, 1.165) is 55.1 Å². The number of nitrogens with one attached hydrogen (secondary N) is 2. The van der Waals surface area contributed by atoms with Gasteiger partial charge in [0.2, 0.25) is 0 Å². The summed E-state index contributed by atoms with van der Waals surface area (Å²) in [6, 6.07) is 12.1. The van der Waals surface area contributed by atoms with Crippen LogP contribution in [0.3, 0.4) is 0 Å². The molecule has 8 nitrogen and oxygen atoms in total. The number of amides is 1. The van der Waals surface area contributed by atoms with Gasteiger partial charge < -0.3 is 20.3 Å². The van der Waals surface area contributed by atoms with Crippen LogP contribution in [-0.4, -0.2) is 58.0 Å². The molecule has 0 radical (unpaired) electrons. The number of rotatable bonds is 6. The molecule has 2 N–H and O–H groups in total. The third kappa shape index (κ3) is 4.67. The van der Waals surface area contributed by atoms with Gasteiger partial charge in [-0.2, -0.15) is 8.78 Å². The molecule has 2 aromatic heterocycles. The number of aromatic nitrogens is 3. The van der Waals surface area contributed by atoms with Gasteiger partial charge in [0.15, 0.2) is 11.5 Å². The van der Waals surface area contributed by atoms with E-state index in [2.05, 4.69) is 25.3 Å². The van der Waals surface area contributed by atoms with Crippen molar-refractivity contribution in [2.45, 2.75) is 20.0 Å². The first-order valence-electron chi connectivity index (χ1n) is 12.7. The maximum atomic E-state index is 13.3. The van der Waals surface area contributed by atoms with Crippen LogP contribution in [0.15, 0.2) is 61.1 Å². The molecule has 0 aliphatic carbocycles. The van der Waals surface area contributed by atoms with Crippen LogP contribution in [0, 0.1) is 18.8 Å². The summed E-state index contributed by atoms with van der Waals surface area (Å²) in [6.45, 7) is 2.75. The lowest BCUT2D eigenvalue weighted by atomic mass is 9.88. The second-order valence-electron chi connectivity index (χ2n) is 9.89. The molecule has 196 valence electrons. The summed E-state index contributed by atoms with van der Waals surface area (Å²) in [4.78, 5) is 24.3. The zero-order valence-corrected chi connectivity index (χ0v) is 20.9. The molecule has 2 atom stereocenters. The highest BCUT2D eigenvalue weighted by Crippen LogP contribution is 2.30. The molecule has 6 rings (SSSR count). The second kappa shape index (κ2) is 10.0. The minimum atomic E-state index is -2.87. The minimum absolute atomic E-state index is 0.0856. The molecule has 2 aromatic carbocycles. The van der Waals surface area contributed by atoms with E-state index in [1.165, 1.54) is 12.1 Å². The second-order valence-corrected chi connectivity index (χ2v) is 9.89. The molecular formula is C28H28F2N6O2. The summed E-state index contributed by atoms with van der Waals surface area (Å²) in [5, 5.41) is 6.78. The predicted octanol–water partition coefficient (Wildman–Crippen LogP) is 4.73. The maximum Gasteiger partial charge on any atom is 0.387 e. The smallest absolute Gasteiger partial charge is 0.387 e. The Morgan fingerprint density at radius 3 is 2.74 bits per heavy atom. The van der Waals surface area contributed by atoms with E-state index in [-0.39, 0.29) is 11.7 Å². The van der Waals surface area contributed by atoms with Crippen LogP contribution >= 0.6 is 0 Å². The van der Waals surface area contributed by atoms with E-state index in [4.69, 9.17) is 0 Å². The van der Waals surface area contributed by atoms with Crippen LogP contribution in [0.1, 0.15) is 22.3 Å². The molecule has 0 saturated carbocycles. The highest BCUT2D eigenvalue weighted by Gasteiger charge is 2.35. The summed E-state index contributed by atoms with van der Waals surface area (Å²) >= 11 is 0. The Bertz CT molecular complexity index is 1470. The third-order valence-corrected chi connectivity index (χ3v) is 7.51. The average molecular weight is 519 g/mol. The molecule has 38 heavy (non-hydrogen) atoms. The van der Waals surface area contributed by atoms with Crippen LogP contribution in [0.25, 0.3) is 16.9 Å². The number of anilines is 2. The molecule has 4 heterocycles. The van der Waals surface area contributed by atoms with Gasteiger partial charge in [-0.1, -0.05) is 0 Å². The van der Waals surface area contributed by atoms with Gasteiger partial charge in [-0.15, -0.1) is 0 Å². The largest absolute Gasteiger partial charge is 0.435 e. The number of nitrogens with zero attached hydrogens (tertiary/aromatic N) is 4. The number of benzene rings is 2. The quantitative estimate of drug-likeness (QED) is 0.384. The van der Waals surface area contributed by atoms with Crippen molar-refractivity contribution < 1.29 is 18.3 Å². The number of aryl methyl sites for hydroxylation is 1. The molecule has 2 aliphatic rings. The van der Waals surface area contributed by atoms with Crippen LogP contribution in [0.5, 0.6) is 5.75 Å². The summed E-state index contributed by atoms with van der Waals surface area (Å²) in [5.74, 6) is 1.97. The molecule has 2 aliphatic heterocycles. The standard InChI is InChI=1S/C28H28F2N6O2/c1-17-12-21(4-7-23(17)27(37)35-10-8-19-13-31-14-20(19)16-35)34-25-26-33-15-24(36(26)11-9-32-25)18-2-5-22(6-3-18)38-28(29)30/h2-7,9,11-12,15,19-20,28,31H,8,10,13-14,16H2,1H3,(H,32,34)/t19-,20+/m0/s1. The number of fused-ring (bicyclic) bond motifs is 2. The first-order chi connectivity index (χ1) is 18.5. The van der Waals surface area contributed by atoms with Gasteiger partial charge in [0.1, 0.15) is 5.75 Å². The predicted molar refractivity (Wildman–Crippen MR) is 140 cm³/mol. The lowest BCUT2D eigenvalue weighted by molar-refractivity contribution is -0.0498. The summed E-state index contributed by atoms with van der Waals surface area (Å²) in [7, 11) is 0. The van der Waals surface area contributed by atoms with E-state index >= 15 is 0 Å². The summed E-state index contributed by atoms with van der Waals surface area (Å²) in [6.07, 6.45) is 6.22. The molecule has 0 bridgehead atoms. The van der Waals surface area contributed by atoms with E-state index in [1.54, 1.807) is 30.7 Å². The molecule has 1 amide bonds. The fraction of sp³-hybridized carbons (Fsp3) is 0.321. The van der Waals surface area contributed by atoms with Gasteiger partial charge in [-0.3, -0.25) is 9.20 Å². The number of ether oxygens (including phenoxy) is 1. The van der Waals surface area contributed by atoms with Gasteiger partial charge in [0, 0.05) is 42.3 Å². The summed E-state index contributed by atoms with van der Waals surface area (Å²) in [5.41, 5.74) is 4.61. The Balaban J connectivity index is 1.20. The van der Waals surface area contributed by atoms with E-state index < -0.39 is 6.61 Å². The molecule has 0 unspecified atom stereocenters. The molecule has 2 saturated heterocycles. The molecule has 4 aromatic rings. The Hall–Kier alpha value is -4.05. The van der Waals surface area contributed by atoms with Crippen molar-refractivity contribution in [3.63, 3.8) is 0 Å². The zero-order valence-electron chi connectivity index (χ0n) is 20.9. The Morgan fingerprint density at radius 1 is 1.13 bits per heavy atom. The average Bonchev–Trinajstić information content (AvgIpc) is 3.56. The van der Waals surface area contributed by atoms with Crippen molar-refractivity contribution in [3.05, 3.63) is 72.2 Å². The van der Waals surface area contributed by atoms with E-state index in [9.17, 15) is 13.6 Å². The molecule has 10 heteroatoms. The Morgan fingerprint density at radius 2 is 1.95 bits per heavy atom. The first kappa shape index (κ1) is 24.3. The third-order valence-electron chi connectivity index (χ3n) is 7.51. The van der Waals surface area contributed by atoms with Crippen molar-refractivity contribution in [1.82, 2.24) is 24.6 Å². The first-order valence-corrected chi connectivity index (χ1v) is 12.7. The topological polar surface area (TPSA) is 83.8 Å². The SMILES string of the molecule is Cc1cc(Nc2nccn3c(-c4ccc(OC(F)F)cc4)cnc23)ccc1C(=O)N1CC[C@H]2CNC[C@@H]2C1. The van der Waals surface area contributed by atoms with Crippen molar-refractivity contribution >= 4 is 23.1 Å². The number of imidazole rings is 1. The number of alkyl halides is 2. The van der Waals surface area contributed by atoms with Gasteiger partial charge in [0.05, 0.1) is 11.9 Å². The van der Waals surface area contributed by atoms with E-state index in [1.807, 2.05) is 34.4 Å². The number of carbonyl (C=O) groups is 1. The van der Waals surface area contributed by atoms with Crippen molar-refractivity contribution in [1.29, 1.82) is 0 Å². The van der Waals surface area contributed by atoms with E-state index in [0.29, 0.717) is 28.9 Å². The van der Waals surface area contributed by atoms with Gasteiger partial charge in [-0.05, 0) is 86.3 Å². The van der Waals surface area contributed by atoms with Crippen LogP contribution in [-0.2, 0) is 0 Å². The van der Waals surface area contributed by atoms with Crippen molar-refractivity contribution in [3.8, 4) is 17.0 Å². The Labute approximate surface area is 218 Å². The fourth-order valence-corrected chi connectivity index (χ4v) is 5.54. The number of hydrogen-bond acceptors (Lipinski definition) is 6. The number of hydrogen-bond donors (Lipinski definition) is 2. The molecule has 2 fully saturated rings. The van der Waals surface area contributed by atoms with Crippen LogP contribution < -0.4 is 15.4 Å². The monoisotopic (exact) mass is 518 g/mol. The molecular weight excluding hydrogens is 490 g/mol. The number of carbonyl (C=O) groups excluding carboxylic acids is 1. The normalized spacial score (nSPS) is 19.1. The highest BCUT2D eigenvalue weighted by molar-refractivity contribution is 5.96. The van der Waals surface area contributed by atoms with Crippen molar-refractivity contribution in [2.75, 3.05) is 31.5 Å². The lowest BCUT2D eigenvalue weighted by Crippen LogP contribution is -2.43. The zero-order chi connectivity index (χ0) is 26.2. The summed E-state index contributed by atoms with van der Waals surface area (Å²) < 4.78 is 31.3. The molecule has 0 spiro atoms. The highest BCUT2D eigenvalue weighted by atomic mass is 19.3. The van der Waals surface area contributed by atoms with Gasteiger partial charge in [0.25, 0.3) is 5.91 Å². The number of likely N-dealkylation sites (tertiary alicyclic amines) is 1. The van der Waals surface area contributed by atoms with Crippen molar-refractivity contribution in [2.24, 2.45) is 11.8 Å². The Kier molecular flexibility index (Phi) is 6.40. The minimum Gasteiger partial charge on any atom is -0.435 e. The van der Waals surface area contributed by atoms with Crippen LogP contribution in [0.2, 0.25) is 0 Å². The van der Waals surface area contributed by atoms with Gasteiger partial charge in [-0.25, -0.2) is 9.97 Å². The fourth-order valence-electron chi connectivity index (χ4n) is 5.54. The number of piperidine rings is 1.